The fourth-order valence-corrected chi connectivity index (χ4v) is 2.89. The molecule has 3 aromatic rings. The van der Waals surface area contributed by atoms with Gasteiger partial charge in [0.05, 0.1) is 24.7 Å². The van der Waals surface area contributed by atoms with Crippen molar-refractivity contribution in [2.45, 2.75) is 20.0 Å². The summed E-state index contributed by atoms with van der Waals surface area (Å²) in [6, 6.07) is 5.83. The Morgan fingerprint density at radius 3 is 2.95 bits per heavy atom. The predicted octanol–water partition coefficient (Wildman–Crippen LogP) is 2.89. The molecule has 2 N–H and O–H groups in total. The maximum atomic E-state index is 5.97. The highest BCUT2D eigenvalue weighted by atomic mass is 32.1. The second-order valence-electron chi connectivity index (χ2n) is 4.55. The van der Waals surface area contributed by atoms with Crippen LogP contribution in [-0.4, -0.2) is 21.4 Å². The molecule has 0 unspecified atom stereocenters. The van der Waals surface area contributed by atoms with Crippen LogP contribution >= 0.6 is 11.3 Å². The summed E-state index contributed by atoms with van der Waals surface area (Å²) in [5, 5.41) is 2.92. The Morgan fingerprint density at radius 1 is 1.30 bits per heavy atom. The lowest BCUT2D eigenvalue weighted by Gasteiger charge is -2.18. The molecular formula is C14H16N4OS. The number of thiophene rings is 1. The van der Waals surface area contributed by atoms with Crippen molar-refractivity contribution in [3.63, 3.8) is 0 Å². The molecule has 0 aromatic carbocycles. The molecule has 0 bridgehead atoms. The third-order valence-electron chi connectivity index (χ3n) is 3.17. The highest BCUT2D eigenvalue weighted by molar-refractivity contribution is 7.16. The number of anilines is 1. The number of nitrogens with zero attached hydrogens (tertiary/aromatic N) is 3. The number of nitrogens with two attached hydrogens (primary N) is 1. The Kier molecular flexibility index (Phi) is 3.66. The Morgan fingerprint density at radius 2 is 2.20 bits per heavy atom. The quantitative estimate of drug-likeness (QED) is 0.782. The molecule has 0 radical (unpaired) electrons. The minimum atomic E-state index is 0.556. The van der Waals surface area contributed by atoms with Crippen molar-refractivity contribution in [3.05, 3.63) is 41.4 Å². The molecule has 0 aliphatic heterocycles. The van der Waals surface area contributed by atoms with Crippen molar-refractivity contribution in [1.29, 1.82) is 0 Å². The maximum Gasteiger partial charge on any atom is 0.146 e. The lowest BCUT2D eigenvalue weighted by Crippen LogP contribution is -2.23. The van der Waals surface area contributed by atoms with Crippen LogP contribution in [0.4, 0.5) is 5.82 Å². The average Bonchev–Trinajstić information content (AvgIpc) is 3.08. The van der Waals surface area contributed by atoms with Gasteiger partial charge in [0.15, 0.2) is 0 Å². The van der Waals surface area contributed by atoms with Gasteiger partial charge in [0, 0.05) is 0 Å². The van der Waals surface area contributed by atoms with Crippen LogP contribution in [0, 0.1) is 0 Å². The van der Waals surface area contributed by atoms with Gasteiger partial charge in [0.2, 0.25) is 0 Å². The number of hydrogen-bond acceptors (Lipinski definition) is 6. The minimum Gasteiger partial charge on any atom is -0.468 e. The van der Waals surface area contributed by atoms with Gasteiger partial charge in [-0.25, -0.2) is 9.97 Å². The lowest BCUT2D eigenvalue weighted by atomic mass is 10.3. The van der Waals surface area contributed by atoms with E-state index in [1.54, 1.807) is 17.6 Å². The van der Waals surface area contributed by atoms with E-state index in [-0.39, 0.29) is 0 Å². The van der Waals surface area contributed by atoms with E-state index in [2.05, 4.69) is 21.8 Å². The fourth-order valence-electron chi connectivity index (χ4n) is 2.10. The summed E-state index contributed by atoms with van der Waals surface area (Å²) in [6.07, 6.45) is 1.69. The molecule has 20 heavy (non-hydrogen) atoms. The van der Waals surface area contributed by atoms with Gasteiger partial charge in [-0.1, -0.05) is 6.92 Å². The first-order valence-electron chi connectivity index (χ1n) is 6.50. The number of fused-ring (bicyclic) bond motifs is 1. The van der Waals surface area contributed by atoms with Gasteiger partial charge in [-0.3, -0.25) is 4.90 Å². The third kappa shape index (κ3) is 2.66. The van der Waals surface area contributed by atoms with Crippen molar-refractivity contribution in [1.82, 2.24) is 14.9 Å². The van der Waals surface area contributed by atoms with Crippen molar-refractivity contribution in [2.24, 2.45) is 0 Å². The van der Waals surface area contributed by atoms with Crippen LogP contribution in [0.15, 0.2) is 34.3 Å². The number of nitrogen functional groups attached to an aromatic ring is 1. The first kappa shape index (κ1) is 13.1. The molecule has 0 aliphatic carbocycles. The standard InChI is InChI=1S/C14H16N4OS/c1-2-18(8-10-4-3-6-19-10)9-12-16-13(15)11-5-7-20-14(11)17-12/h3-7H,2,8-9H2,1H3,(H2,15,16,17). The molecule has 5 nitrogen and oxygen atoms in total. The normalized spacial score (nSPS) is 11.5. The summed E-state index contributed by atoms with van der Waals surface area (Å²) in [5.41, 5.74) is 5.97. The molecular weight excluding hydrogens is 272 g/mol. The van der Waals surface area contributed by atoms with E-state index >= 15 is 0 Å². The maximum absolute atomic E-state index is 5.97. The Hall–Kier alpha value is -1.92. The molecule has 0 spiro atoms. The van der Waals surface area contributed by atoms with Crippen LogP contribution in [0.2, 0.25) is 0 Å². The van der Waals surface area contributed by atoms with Gasteiger partial charge < -0.3 is 10.2 Å². The highest BCUT2D eigenvalue weighted by Crippen LogP contribution is 2.23. The van der Waals surface area contributed by atoms with Gasteiger partial charge >= 0.3 is 0 Å². The topological polar surface area (TPSA) is 68.2 Å². The summed E-state index contributed by atoms with van der Waals surface area (Å²) >= 11 is 1.59. The van der Waals surface area contributed by atoms with Crippen molar-refractivity contribution in [3.8, 4) is 0 Å². The lowest BCUT2D eigenvalue weighted by molar-refractivity contribution is 0.242. The van der Waals surface area contributed by atoms with Crippen molar-refractivity contribution < 1.29 is 4.42 Å². The SMILES string of the molecule is CCN(Cc1nc(N)c2ccsc2n1)Cc1ccco1. The van der Waals surface area contributed by atoms with Gasteiger partial charge in [0.25, 0.3) is 0 Å². The number of rotatable bonds is 5. The second-order valence-corrected chi connectivity index (χ2v) is 5.44. The Balaban J connectivity index is 1.79. The molecule has 3 rings (SSSR count). The summed E-state index contributed by atoms with van der Waals surface area (Å²) in [7, 11) is 0. The zero-order valence-electron chi connectivity index (χ0n) is 11.2. The molecule has 0 atom stereocenters. The molecule has 0 amide bonds. The van der Waals surface area contributed by atoms with Crippen molar-refractivity contribution in [2.75, 3.05) is 12.3 Å². The van der Waals surface area contributed by atoms with Crippen LogP contribution < -0.4 is 5.73 Å². The van der Waals surface area contributed by atoms with E-state index in [0.29, 0.717) is 12.4 Å². The fraction of sp³-hybridized carbons (Fsp3) is 0.286. The summed E-state index contributed by atoms with van der Waals surface area (Å²) in [5.74, 6) is 2.25. The van der Waals surface area contributed by atoms with E-state index in [1.165, 1.54) is 0 Å². The Bertz CT molecular complexity index is 692. The molecule has 0 saturated heterocycles. The zero-order chi connectivity index (χ0) is 13.9. The minimum absolute atomic E-state index is 0.556. The largest absolute Gasteiger partial charge is 0.468 e. The molecule has 6 heteroatoms. The van der Waals surface area contributed by atoms with Gasteiger partial charge in [0.1, 0.15) is 22.2 Å². The van der Waals surface area contributed by atoms with Gasteiger partial charge in [-0.2, -0.15) is 0 Å². The van der Waals surface area contributed by atoms with E-state index in [4.69, 9.17) is 10.2 Å². The first-order valence-corrected chi connectivity index (χ1v) is 7.38. The molecule has 0 fully saturated rings. The second kappa shape index (κ2) is 5.60. The number of hydrogen-bond donors (Lipinski definition) is 1. The molecule has 0 saturated carbocycles. The molecule has 3 heterocycles. The van der Waals surface area contributed by atoms with Crippen LogP contribution in [0.5, 0.6) is 0 Å². The van der Waals surface area contributed by atoms with Crippen molar-refractivity contribution >= 4 is 27.4 Å². The van der Waals surface area contributed by atoms with E-state index in [9.17, 15) is 0 Å². The number of furan rings is 1. The van der Waals surface area contributed by atoms with Crippen LogP contribution in [0.3, 0.4) is 0 Å². The number of aromatic nitrogens is 2. The van der Waals surface area contributed by atoms with E-state index < -0.39 is 0 Å². The zero-order valence-corrected chi connectivity index (χ0v) is 12.1. The average molecular weight is 288 g/mol. The third-order valence-corrected chi connectivity index (χ3v) is 3.98. The molecule has 3 aromatic heterocycles. The summed E-state index contributed by atoms with van der Waals surface area (Å²) < 4.78 is 5.38. The van der Waals surface area contributed by atoms with Gasteiger partial charge in [-0.15, -0.1) is 11.3 Å². The van der Waals surface area contributed by atoms with Crippen LogP contribution in [-0.2, 0) is 13.1 Å². The summed E-state index contributed by atoms with van der Waals surface area (Å²) in [6.45, 7) is 4.41. The smallest absolute Gasteiger partial charge is 0.146 e. The highest BCUT2D eigenvalue weighted by Gasteiger charge is 2.11. The monoisotopic (exact) mass is 288 g/mol. The molecule has 0 aliphatic rings. The van der Waals surface area contributed by atoms with E-state index in [1.807, 2.05) is 23.6 Å². The Labute approximate surface area is 121 Å². The van der Waals surface area contributed by atoms with Gasteiger partial charge in [-0.05, 0) is 30.1 Å². The predicted molar refractivity (Wildman–Crippen MR) is 80.3 cm³/mol. The molecule has 104 valence electrons. The van der Waals surface area contributed by atoms with Crippen LogP contribution in [0.25, 0.3) is 10.2 Å². The van der Waals surface area contributed by atoms with E-state index in [0.717, 1.165) is 34.9 Å². The first-order chi connectivity index (χ1) is 9.76. The van der Waals surface area contributed by atoms with Crippen LogP contribution in [0.1, 0.15) is 18.5 Å². The summed E-state index contributed by atoms with van der Waals surface area (Å²) in [4.78, 5) is 12.1.